The van der Waals surface area contributed by atoms with Crippen molar-refractivity contribution in [2.75, 3.05) is 11.9 Å². The standard InChI is InChI=1S/C14H15N3O4/c1-8-5-6-9-3-2-4-10(12(9)15-8)16-14(21)17-11(7-18)13(19)20/h2-6,11,18H,7H2,1H3,(H,19,20)(H2,16,17,21)/t11-/m0/s1. The summed E-state index contributed by atoms with van der Waals surface area (Å²) in [6.45, 7) is 1.15. The van der Waals surface area contributed by atoms with Crippen LogP contribution in [0.2, 0.25) is 0 Å². The summed E-state index contributed by atoms with van der Waals surface area (Å²) in [6, 6.07) is 6.96. The summed E-state index contributed by atoms with van der Waals surface area (Å²) in [5.41, 5.74) is 1.88. The van der Waals surface area contributed by atoms with Gasteiger partial charge in [0.2, 0.25) is 0 Å². The lowest BCUT2D eigenvalue weighted by Gasteiger charge is -2.13. The highest BCUT2D eigenvalue weighted by atomic mass is 16.4. The fraction of sp³-hybridized carbons (Fsp3) is 0.214. The van der Waals surface area contributed by atoms with Crippen molar-refractivity contribution >= 4 is 28.6 Å². The fourth-order valence-corrected chi connectivity index (χ4v) is 1.85. The zero-order chi connectivity index (χ0) is 15.4. The van der Waals surface area contributed by atoms with Crippen molar-refractivity contribution in [2.45, 2.75) is 13.0 Å². The van der Waals surface area contributed by atoms with E-state index in [0.717, 1.165) is 11.1 Å². The molecule has 0 fully saturated rings. The average molecular weight is 289 g/mol. The molecule has 7 heteroatoms. The van der Waals surface area contributed by atoms with Gasteiger partial charge in [-0.3, -0.25) is 4.98 Å². The van der Waals surface area contributed by atoms with Crippen LogP contribution in [0.15, 0.2) is 30.3 Å². The molecule has 4 N–H and O–H groups in total. The normalized spacial score (nSPS) is 11.9. The second-order valence-electron chi connectivity index (χ2n) is 4.50. The van der Waals surface area contributed by atoms with Crippen LogP contribution in [0.4, 0.5) is 10.5 Å². The van der Waals surface area contributed by atoms with Gasteiger partial charge in [0, 0.05) is 11.1 Å². The van der Waals surface area contributed by atoms with Gasteiger partial charge in [-0.15, -0.1) is 0 Å². The number of urea groups is 1. The summed E-state index contributed by atoms with van der Waals surface area (Å²) in [7, 11) is 0. The van der Waals surface area contributed by atoms with Gasteiger partial charge in [-0.2, -0.15) is 0 Å². The first-order valence-electron chi connectivity index (χ1n) is 6.29. The molecule has 2 rings (SSSR count). The Balaban J connectivity index is 2.21. The van der Waals surface area contributed by atoms with Crippen molar-refractivity contribution in [1.29, 1.82) is 0 Å². The molecule has 0 aliphatic carbocycles. The van der Waals surface area contributed by atoms with Crippen molar-refractivity contribution in [2.24, 2.45) is 0 Å². The second kappa shape index (κ2) is 6.19. The number of carbonyl (C=O) groups excluding carboxylic acids is 1. The largest absolute Gasteiger partial charge is 0.480 e. The number of amides is 2. The third-order valence-electron chi connectivity index (χ3n) is 2.89. The maximum Gasteiger partial charge on any atom is 0.328 e. The number of nitrogens with one attached hydrogen (secondary N) is 2. The van der Waals surface area contributed by atoms with Crippen molar-refractivity contribution in [3.05, 3.63) is 36.0 Å². The highest BCUT2D eigenvalue weighted by molar-refractivity contribution is 6.00. The Kier molecular flexibility index (Phi) is 4.34. The number of hydrogen-bond donors (Lipinski definition) is 4. The molecule has 0 spiro atoms. The molecule has 1 aromatic heterocycles. The molecule has 0 aliphatic heterocycles. The predicted molar refractivity (Wildman–Crippen MR) is 77.1 cm³/mol. The van der Waals surface area contributed by atoms with Gasteiger partial charge >= 0.3 is 12.0 Å². The summed E-state index contributed by atoms with van der Waals surface area (Å²) in [5, 5.41) is 23.2. The Morgan fingerprint density at radius 1 is 1.29 bits per heavy atom. The smallest absolute Gasteiger partial charge is 0.328 e. The number of para-hydroxylation sites is 1. The van der Waals surface area contributed by atoms with Crippen LogP contribution in [-0.4, -0.2) is 39.8 Å². The lowest BCUT2D eigenvalue weighted by Crippen LogP contribution is -2.45. The molecule has 2 aromatic rings. The van der Waals surface area contributed by atoms with Crippen LogP contribution < -0.4 is 10.6 Å². The Hall–Kier alpha value is -2.67. The van der Waals surface area contributed by atoms with E-state index >= 15 is 0 Å². The molecule has 1 aromatic carbocycles. The van der Waals surface area contributed by atoms with Gasteiger partial charge in [0.1, 0.15) is 0 Å². The van der Waals surface area contributed by atoms with Gasteiger partial charge in [-0.05, 0) is 19.1 Å². The third-order valence-corrected chi connectivity index (χ3v) is 2.89. The molecule has 0 unspecified atom stereocenters. The first-order valence-corrected chi connectivity index (χ1v) is 6.29. The molecular weight excluding hydrogens is 274 g/mol. The molecule has 0 saturated carbocycles. The van der Waals surface area contributed by atoms with Crippen LogP contribution in [0.3, 0.4) is 0 Å². The number of fused-ring (bicyclic) bond motifs is 1. The molecule has 7 nitrogen and oxygen atoms in total. The molecule has 1 atom stereocenters. The van der Waals surface area contributed by atoms with Crippen molar-refractivity contribution in [3.8, 4) is 0 Å². The Morgan fingerprint density at radius 2 is 2.05 bits per heavy atom. The van der Waals surface area contributed by atoms with E-state index in [-0.39, 0.29) is 0 Å². The number of aliphatic carboxylic acids is 1. The molecule has 0 saturated heterocycles. The summed E-state index contributed by atoms with van der Waals surface area (Å²) in [5.74, 6) is -1.31. The van der Waals surface area contributed by atoms with E-state index in [1.54, 1.807) is 12.1 Å². The molecule has 1 heterocycles. The minimum atomic E-state index is -1.35. The van der Waals surface area contributed by atoms with Crippen LogP contribution in [0, 0.1) is 6.92 Å². The number of pyridine rings is 1. The number of aliphatic hydroxyl groups excluding tert-OH is 1. The number of aryl methyl sites for hydroxylation is 1. The molecule has 0 bridgehead atoms. The summed E-state index contributed by atoms with van der Waals surface area (Å²) in [4.78, 5) is 26.9. The van der Waals surface area contributed by atoms with E-state index in [4.69, 9.17) is 10.2 Å². The topological polar surface area (TPSA) is 112 Å². The zero-order valence-electron chi connectivity index (χ0n) is 11.3. The van der Waals surface area contributed by atoms with Gasteiger partial charge in [-0.25, -0.2) is 9.59 Å². The quantitative estimate of drug-likeness (QED) is 0.673. The minimum absolute atomic E-state index is 0.468. The summed E-state index contributed by atoms with van der Waals surface area (Å²) in [6.07, 6.45) is 0. The predicted octanol–water partition coefficient (Wildman–Crippen LogP) is 1.11. The van der Waals surface area contributed by atoms with Crippen LogP contribution in [0.5, 0.6) is 0 Å². The molecular formula is C14H15N3O4. The Labute approximate surface area is 120 Å². The van der Waals surface area contributed by atoms with Crippen LogP contribution >= 0.6 is 0 Å². The van der Waals surface area contributed by atoms with Gasteiger partial charge in [0.25, 0.3) is 0 Å². The molecule has 0 radical (unpaired) electrons. The van der Waals surface area contributed by atoms with E-state index in [2.05, 4.69) is 15.6 Å². The van der Waals surface area contributed by atoms with Gasteiger partial charge in [0.15, 0.2) is 6.04 Å². The maximum atomic E-state index is 11.8. The van der Waals surface area contributed by atoms with Crippen LogP contribution in [0.1, 0.15) is 5.69 Å². The first kappa shape index (κ1) is 14.7. The van der Waals surface area contributed by atoms with Gasteiger partial charge < -0.3 is 20.8 Å². The molecule has 110 valence electrons. The fourth-order valence-electron chi connectivity index (χ4n) is 1.85. The number of benzene rings is 1. The molecule has 21 heavy (non-hydrogen) atoms. The third kappa shape index (κ3) is 3.46. The highest BCUT2D eigenvalue weighted by Gasteiger charge is 2.19. The van der Waals surface area contributed by atoms with Crippen LogP contribution in [-0.2, 0) is 4.79 Å². The number of carboxylic acid groups (broad SMARTS) is 1. The second-order valence-corrected chi connectivity index (χ2v) is 4.50. The maximum absolute atomic E-state index is 11.8. The van der Waals surface area contributed by atoms with E-state index in [9.17, 15) is 9.59 Å². The van der Waals surface area contributed by atoms with E-state index in [1.165, 1.54) is 0 Å². The number of anilines is 1. The Morgan fingerprint density at radius 3 is 2.71 bits per heavy atom. The van der Waals surface area contributed by atoms with Gasteiger partial charge in [-0.1, -0.05) is 18.2 Å². The zero-order valence-corrected chi connectivity index (χ0v) is 11.3. The van der Waals surface area contributed by atoms with Crippen molar-refractivity contribution in [3.63, 3.8) is 0 Å². The molecule has 0 aliphatic rings. The lowest BCUT2D eigenvalue weighted by molar-refractivity contribution is -0.140. The highest BCUT2D eigenvalue weighted by Crippen LogP contribution is 2.21. The first-order chi connectivity index (χ1) is 10.0. The number of aliphatic hydroxyl groups is 1. The Bertz CT molecular complexity index is 687. The molecule has 2 amide bonds. The van der Waals surface area contributed by atoms with Crippen molar-refractivity contribution in [1.82, 2.24) is 10.3 Å². The number of carboxylic acids is 1. The van der Waals surface area contributed by atoms with Gasteiger partial charge in [0.05, 0.1) is 17.8 Å². The summed E-state index contributed by atoms with van der Waals surface area (Å²) >= 11 is 0. The SMILES string of the molecule is Cc1ccc2cccc(NC(=O)N[C@@H](CO)C(=O)O)c2n1. The monoisotopic (exact) mass is 289 g/mol. The van der Waals surface area contributed by atoms with Crippen molar-refractivity contribution < 1.29 is 19.8 Å². The number of nitrogens with zero attached hydrogens (tertiary/aromatic N) is 1. The average Bonchev–Trinajstić information content (AvgIpc) is 2.45. The number of carbonyl (C=O) groups is 2. The number of hydrogen-bond acceptors (Lipinski definition) is 4. The van der Waals surface area contributed by atoms with E-state index in [1.807, 2.05) is 25.1 Å². The van der Waals surface area contributed by atoms with Crippen LogP contribution in [0.25, 0.3) is 10.9 Å². The number of aromatic nitrogens is 1. The lowest BCUT2D eigenvalue weighted by atomic mass is 10.2. The van der Waals surface area contributed by atoms with E-state index in [0.29, 0.717) is 11.2 Å². The minimum Gasteiger partial charge on any atom is -0.480 e. The van der Waals surface area contributed by atoms with E-state index < -0.39 is 24.6 Å². The number of rotatable bonds is 4. The summed E-state index contributed by atoms with van der Waals surface area (Å²) < 4.78 is 0.